The summed E-state index contributed by atoms with van der Waals surface area (Å²) in [6, 6.07) is 14.4. The van der Waals surface area contributed by atoms with Gasteiger partial charge in [-0.3, -0.25) is 9.69 Å². The number of carbonyl (C=O) groups excluding carboxylic acids is 1. The highest BCUT2D eigenvalue weighted by Gasteiger charge is 2.20. The lowest BCUT2D eigenvalue weighted by atomic mass is 10.2. The van der Waals surface area contributed by atoms with Gasteiger partial charge in [0.2, 0.25) is 5.91 Å². The molecular formula is C25H34ClN3O2S2. The van der Waals surface area contributed by atoms with Crippen molar-refractivity contribution in [2.45, 2.75) is 38.5 Å². The summed E-state index contributed by atoms with van der Waals surface area (Å²) >= 11 is 3.31. The van der Waals surface area contributed by atoms with Crippen molar-refractivity contribution in [3.8, 4) is 5.75 Å². The molecule has 8 heteroatoms. The lowest BCUT2D eigenvalue weighted by Crippen LogP contribution is -2.39. The topological polar surface area (TPSA) is 45.7 Å². The molecule has 0 bridgehead atoms. The summed E-state index contributed by atoms with van der Waals surface area (Å²) in [5.41, 5.74) is 2.26. The van der Waals surface area contributed by atoms with E-state index in [9.17, 15) is 4.79 Å². The lowest BCUT2D eigenvalue weighted by Gasteiger charge is -2.24. The number of halogens is 1. The van der Waals surface area contributed by atoms with Crippen LogP contribution in [0.1, 0.15) is 32.8 Å². The minimum Gasteiger partial charge on any atom is -0.497 e. The Kier molecular flexibility index (Phi) is 11.5. The van der Waals surface area contributed by atoms with Crippen molar-refractivity contribution in [1.82, 2.24) is 9.88 Å². The van der Waals surface area contributed by atoms with Gasteiger partial charge >= 0.3 is 0 Å². The normalized spacial score (nSPS) is 10.9. The van der Waals surface area contributed by atoms with Gasteiger partial charge in [0.15, 0.2) is 5.13 Å². The minimum atomic E-state index is 0. The number of rotatable bonds is 12. The molecule has 0 aliphatic carbocycles. The van der Waals surface area contributed by atoms with Crippen LogP contribution in [-0.4, -0.2) is 54.8 Å². The first kappa shape index (κ1) is 27.4. The molecule has 180 valence electrons. The molecule has 0 N–H and O–H groups in total. The Bertz CT molecular complexity index is 1010. The van der Waals surface area contributed by atoms with Gasteiger partial charge in [-0.25, -0.2) is 4.98 Å². The standard InChI is InChI=1S/C25H33N3O2S2.ClH/c1-5-19-8-13-22-23(18-19)32-25(26-22)28(16-15-27(6-2)7-3)24(29)14-17-31-21-11-9-20(30-4)10-12-21;/h8-13,18H,5-7,14-17H2,1-4H3;1H. The number of hydrogen-bond acceptors (Lipinski definition) is 6. The Morgan fingerprint density at radius 3 is 2.42 bits per heavy atom. The van der Waals surface area contributed by atoms with Crippen molar-refractivity contribution in [1.29, 1.82) is 0 Å². The minimum absolute atomic E-state index is 0. The van der Waals surface area contributed by atoms with Crippen LogP contribution in [0, 0.1) is 0 Å². The molecule has 33 heavy (non-hydrogen) atoms. The number of hydrogen-bond donors (Lipinski definition) is 0. The van der Waals surface area contributed by atoms with E-state index in [0.29, 0.717) is 13.0 Å². The quantitative estimate of drug-likeness (QED) is 0.275. The van der Waals surface area contributed by atoms with Gasteiger partial charge in [0.25, 0.3) is 0 Å². The second-order valence-electron chi connectivity index (χ2n) is 7.50. The maximum Gasteiger partial charge on any atom is 0.229 e. The molecule has 0 fully saturated rings. The van der Waals surface area contributed by atoms with Crippen molar-refractivity contribution in [3.05, 3.63) is 48.0 Å². The van der Waals surface area contributed by atoms with Crippen molar-refractivity contribution in [3.63, 3.8) is 0 Å². The fourth-order valence-electron chi connectivity index (χ4n) is 3.46. The second kappa shape index (κ2) is 13.8. The van der Waals surface area contributed by atoms with E-state index in [1.165, 1.54) is 5.56 Å². The number of thiazole rings is 1. The van der Waals surface area contributed by atoms with Crippen LogP contribution in [0.15, 0.2) is 47.4 Å². The molecule has 1 heterocycles. The summed E-state index contributed by atoms with van der Waals surface area (Å²) in [4.78, 5) is 23.4. The first-order valence-corrected chi connectivity index (χ1v) is 13.1. The SMILES string of the molecule is CCc1ccc2nc(N(CCN(CC)CC)C(=O)CCSc3ccc(OC)cc3)sc2c1.Cl. The van der Waals surface area contributed by atoms with Gasteiger partial charge in [-0.2, -0.15) is 0 Å². The maximum absolute atomic E-state index is 13.3. The molecular weight excluding hydrogens is 474 g/mol. The second-order valence-corrected chi connectivity index (χ2v) is 9.68. The van der Waals surface area contributed by atoms with E-state index in [1.54, 1.807) is 30.2 Å². The fraction of sp³-hybridized carbons (Fsp3) is 0.440. The highest BCUT2D eigenvalue weighted by molar-refractivity contribution is 7.99. The number of benzene rings is 2. The number of aromatic nitrogens is 1. The zero-order valence-corrected chi connectivity index (χ0v) is 22.3. The molecule has 0 unspecified atom stereocenters. The molecule has 0 saturated heterocycles. The fourth-order valence-corrected chi connectivity index (χ4v) is 5.38. The molecule has 3 aromatic rings. The van der Waals surface area contributed by atoms with Crippen LogP contribution in [0.25, 0.3) is 10.2 Å². The number of anilines is 1. The summed E-state index contributed by atoms with van der Waals surface area (Å²) in [5, 5.41) is 0.805. The van der Waals surface area contributed by atoms with Gasteiger partial charge in [-0.1, -0.05) is 38.2 Å². The van der Waals surface area contributed by atoms with Crippen LogP contribution in [-0.2, 0) is 11.2 Å². The van der Waals surface area contributed by atoms with Gasteiger partial charge in [0.05, 0.1) is 17.3 Å². The van der Waals surface area contributed by atoms with Gasteiger partial charge in [-0.15, -0.1) is 24.2 Å². The van der Waals surface area contributed by atoms with Crippen molar-refractivity contribution in [2.24, 2.45) is 0 Å². The van der Waals surface area contributed by atoms with E-state index in [-0.39, 0.29) is 18.3 Å². The number of methoxy groups -OCH3 is 1. The third-order valence-corrected chi connectivity index (χ3v) is 7.62. The number of ether oxygens (including phenoxy) is 1. The van der Waals surface area contributed by atoms with Crippen molar-refractivity contribution >= 4 is 56.8 Å². The van der Waals surface area contributed by atoms with E-state index in [1.807, 2.05) is 29.2 Å². The van der Waals surface area contributed by atoms with Crippen LogP contribution in [0.2, 0.25) is 0 Å². The molecule has 1 aromatic heterocycles. The maximum atomic E-state index is 13.3. The van der Waals surface area contributed by atoms with Crippen LogP contribution in [0.3, 0.4) is 0 Å². The average molecular weight is 508 g/mol. The third-order valence-electron chi connectivity index (χ3n) is 5.56. The largest absolute Gasteiger partial charge is 0.497 e. The van der Waals surface area contributed by atoms with Crippen LogP contribution in [0.4, 0.5) is 5.13 Å². The number of amides is 1. The number of carbonyl (C=O) groups is 1. The Morgan fingerprint density at radius 1 is 1.06 bits per heavy atom. The van der Waals surface area contributed by atoms with Gasteiger partial charge in [0, 0.05) is 30.2 Å². The Balaban J connectivity index is 0.00000385. The molecule has 0 atom stereocenters. The first-order valence-electron chi connectivity index (χ1n) is 11.3. The highest BCUT2D eigenvalue weighted by Crippen LogP contribution is 2.30. The molecule has 5 nitrogen and oxygen atoms in total. The highest BCUT2D eigenvalue weighted by atomic mass is 35.5. The predicted molar refractivity (Wildman–Crippen MR) is 145 cm³/mol. The molecule has 0 aliphatic rings. The smallest absolute Gasteiger partial charge is 0.229 e. The summed E-state index contributed by atoms with van der Waals surface area (Å²) in [7, 11) is 1.67. The Labute approximate surface area is 211 Å². The van der Waals surface area contributed by atoms with Gasteiger partial charge in [-0.05, 0) is 61.5 Å². The van der Waals surface area contributed by atoms with Crippen molar-refractivity contribution < 1.29 is 9.53 Å². The number of likely N-dealkylation sites (N-methyl/N-ethyl adjacent to an activating group) is 1. The molecule has 1 amide bonds. The van der Waals surface area contributed by atoms with E-state index in [0.717, 1.165) is 57.8 Å². The number of thioether (sulfide) groups is 1. The third kappa shape index (κ3) is 7.60. The molecule has 0 saturated carbocycles. The van der Waals surface area contributed by atoms with Crippen molar-refractivity contribution in [2.75, 3.05) is 43.9 Å². The average Bonchev–Trinajstić information content (AvgIpc) is 3.25. The molecule has 0 spiro atoms. The number of aryl methyl sites for hydroxylation is 1. The lowest BCUT2D eigenvalue weighted by molar-refractivity contribution is -0.118. The number of fused-ring (bicyclic) bond motifs is 1. The summed E-state index contributed by atoms with van der Waals surface area (Å²) < 4.78 is 6.36. The molecule has 0 aliphatic heterocycles. The Morgan fingerprint density at radius 2 is 1.79 bits per heavy atom. The molecule has 3 rings (SSSR count). The molecule has 0 radical (unpaired) electrons. The van der Waals surface area contributed by atoms with E-state index in [4.69, 9.17) is 9.72 Å². The van der Waals surface area contributed by atoms with Crippen LogP contribution >= 0.6 is 35.5 Å². The van der Waals surface area contributed by atoms with Gasteiger partial charge in [0.1, 0.15) is 5.75 Å². The Hall–Kier alpha value is -1.80. The van der Waals surface area contributed by atoms with Gasteiger partial charge < -0.3 is 9.64 Å². The molecule has 2 aromatic carbocycles. The number of nitrogens with zero attached hydrogens (tertiary/aromatic N) is 3. The van der Waals surface area contributed by atoms with E-state index >= 15 is 0 Å². The zero-order valence-electron chi connectivity index (χ0n) is 19.9. The van der Waals surface area contributed by atoms with Crippen LogP contribution < -0.4 is 9.64 Å². The van der Waals surface area contributed by atoms with E-state index < -0.39 is 0 Å². The monoisotopic (exact) mass is 507 g/mol. The zero-order chi connectivity index (χ0) is 22.9. The van der Waals surface area contributed by atoms with Crippen LogP contribution in [0.5, 0.6) is 5.75 Å². The summed E-state index contributed by atoms with van der Waals surface area (Å²) in [6.07, 6.45) is 1.47. The van der Waals surface area contributed by atoms with E-state index in [2.05, 4.69) is 43.9 Å². The summed E-state index contributed by atoms with van der Waals surface area (Å²) in [5.74, 6) is 1.71. The predicted octanol–water partition coefficient (Wildman–Crippen LogP) is 6.15. The summed E-state index contributed by atoms with van der Waals surface area (Å²) in [6.45, 7) is 9.94. The first-order chi connectivity index (χ1) is 15.6.